The summed E-state index contributed by atoms with van der Waals surface area (Å²) in [4.78, 5) is 0. The summed E-state index contributed by atoms with van der Waals surface area (Å²) in [7, 11) is 0. The van der Waals surface area contributed by atoms with Crippen molar-refractivity contribution in [2.75, 3.05) is 0 Å². The lowest BCUT2D eigenvalue weighted by Crippen LogP contribution is -1.87. The minimum absolute atomic E-state index is 1.27. The zero-order chi connectivity index (χ0) is 62.1. The van der Waals surface area contributed by atoms with Crippen molar-refractivity contribution in [2.45, 2.75) is 83.1 Å². The molecule has 0 heterocycles. The first-order valence-corrected chi connectivity index (χ1v) is 30.9. The van der Waals surface area contributed by atoms with Crippen molar-refractivity contribution in [1.82, 2.24) is 0 Å². The van der Waals surface area contributed by atoms with Crippen LogP contribution in [0.5, 0.6) is 0 Å². The first-order chi connectivity index (χ1) is 42.5. The highest BCUT2D eigenvalue weighted by Crippen LogP contribution is 2.34. The Kier molecular flexibility index (Phi) is 21.3. The largest absolute Gasteiger partial charge is 0.0622 e. The van der Waals surface area contributed by atoms with Crippen LogP contribution in [0.25, 0.3) is 87.6 Å². The van der Waals surface area contributed by atoms with Gasteiger partial charge in [0.05, 0.1) is 0 Å². The van der Waals surface area contributed by atoms with Gasteiger partial charge in [-0.25, -0.2) is 0 Å². The summed E-state index contributed by atoms with van der Waals surface area (Å²) >= 11 is 0. The van der Waals surface area contributed by atoms with Crippen molar-refractivity contribution in [1.29, 1.82) is 0 Å². The fraction of sp³-hybridized carbons (Fsp3) is 0.136. The Morgan fingerprint density at radius 3 is 0.955 bits per heavy atom. The highest BCUT2D eigenvalue weighted by atomic mass is 14.1. The Labute approximate surface area is 525 Å². The van der Waals surface area contributed by atoms with Gasteiger partial charge >= 0.3 is 0 Å². The van der Waals surface area contributed by atoms with Gasteiger partial charge in [0.1, 0.15) is 0 Å². The molecule has 0 aliphatic heterocycles. The van der Waals surface area contributed by atoms with E-state index < -0.39 is 0 Å². The van der Waals surface area contributed by atoms with Gasteiger partial charge in [0.25, 0.3) is 0 Å². The molecule has 0 atom stereocenters. The van der Waals surface area contributed by atoms with Gasteiger partial charge in [0.15, 0.2) is 0 Å². The monoisotopic (exact) mass is 1140 g/mol. The molecule has 0 saturated heterocycles. The molecule has 0 unspecified atom stereocenters. The van der Waals surface area contributed by atoms with Crippen LogP contribution in [0.1, 0.15) is 66.8 Å². The molecule has 0 amide bonds. The van der Waals surface area contributed by atoms with Crippen LogP contribution in [0.15, 0.2) is 291 Å². The summed E-state index contributed by atoms with van der Waals surface area (Å²) in [5, 5.41) is 10.7. The number of benzene rings is 14. The van der Waals surface area contributed by atoms with Crippen LogP contribution in [-0.4, -0.2) is 0 Å². The summed E-state index contributed by atoms with van der Waals surface area (Å²) in [6.07, 6.45) is 0. The number of fused-ring (bicyclic) bond motifs is 4. The lowest BCUT2D eigenvalue weighted by molar-refractivity contribution is 1.37. The Morgan fingerprint density at radius 2 is 0.477 bits per heavy atom. The molecule has 14 aromatic rings. The molecule has 0 aliphatic rings. The van der Waals surface area contributed by atoms with Gasteiger partial charge in [0.2, 0.25) is 0 Å². The molecular formula is C88H84. The second kappa shape index (κ2) is 30.0. The van der Waals surface area contributed by atoms with Crippen LogP contribution in [0.3, 0.4) is 0 Å². The average Bonchev–Trinajstić information content (AvgIpc) is 3.23. The third-order valence-corrected chi connectivity index (χ3v) is 16.4. The van der Waals surface area contributed by atoms with E-state index in [9.17, 15) is 0 Å². The second-order valence-corrected chi connectivity index (χ2v) is 23.8. The van der Waals surface area contributed by atoms with Crippen molar-refractivity contribution >= 4 is 43.1 Å². The smallest absolute Gasteiger partial charge is 0.0103 e. The first-order valence-electron chi connectivity index (χ1n) is 30.9. The van der Waals surface area contributed by atoms with Gasteiger partial charge in [-0.05, 0) is 205 Å². The molecule has 0 aromatic heterocycles. The summed E-state index contributed by atoms with van der Waals surface area (Å²) in [5.74, 6) is 0. The van der Waals surface area contributed by atoms with E-state index >= 15 is 0 Å². The highest BCUT2D eigenvalue weighted by molar-refractivity contribution is 5.89. The van der Waals surface area contributed by atoms with Crippen LogP contribution in [0, 0.1) is 83.1 Å². The molecule has 0 spiro atoms. The van der Waals surface area contributed by atoms with E-state index in [0.717, 1.165) is 0 Å². The molecule has 0 nitrogen and oxygen atoms in total. The molecule has 0 aliphatic carbocycles. The van der Waals surface area contributed by atoms with Gasteiger partial charge in [-0.15, -0.1) is 0 Å². The first kappa shape index (κ1) is 62.6. The Hall–Kier alpha value is -9.88. The van der Waals surface area contributed by atoms with Crippen molar-refractivity contribution in [3.63, 3.8) is 0 Å². The minimum Gasteiger partial charge on any atom is -0.0622 e. The summed E-state index contributed by atoms with van der Waals surface area (Å²) in [5.41, 5.74) is 26.2. The van der Waals surface area contributed by atoms with Gasteiger partial charge in [-0.1, -0.05) is 324 Å². The summed E-state index contributed by atoms with van der Waals surface area (Å²) < 4.78 is 0. The molecule has 14 rings (SSSR count). The third-order valence-electron chi connectivity index (χ3n) is 16.4. The molecule has 0 saturated carbocycles. The van der Waals surface area contributed by atoms with E-state index in [1.165, 1.54) is 154 Å². The summed E-state index contributed by atoms with van der Waals surface area (Å²) in [6.45, 7) is 25.7. The minimum atomic E-state index is 1.27. The molecule has 0 bridgehead atoms. The Balaban J connectivity index is 0.000000128. The molecule has 0 radical (unpaired) electrons. The fourth-order valence-corrected chi connectivity index (χ4v) is 11.0. The zero-order valence-electron chi connectivity index (χ0n) is 53.7. The predicted octanol–water partition coefficient (Wildman–Crippen LogP) is 25.1. The third kappa shape index (κ3) is 17.0. The van der Waals surface area contributed by atoms with Crippen molar-refractivity contribution < 1.29 is 0 Å². The number of aryl methyl sites for hydroxylation is 12. The maximum Gasteiger partial charge on any atom is -0.0103 e. The number of hydrogen-bond donors (Lipinski definition) is 0. The van der Waals surface area contributed by atoms with Crippen molar-refractivity contribution in [2.24, 2.45) is 0 Å². The molecule has 436 valence electrons. The predicted molar refractivity (Wildman–Crippen MR) is 387 cm³/mol. The van der Waals surface area contributed by atoms with Crippen LogP contribution >= 0.6 is 0 Å². The van der Waals surface area contributed by atoms with Crippen LogP contribution < -0.4 is 0 Å². The highest BCUT2D eigenvalue weighted by Gasteiger charge is 2.09. The molecule has 0 N–H and O–H groups in total. The number of hydrogen-bond acceptors (Lipinski definition) is 0. The van der Waals surface area contributed by atoms with E-state index in [0.29, 0.717) is 0 Å². The quantitative estimate of drug-likeness (QED) is 0.165. The standard InChI is InChI=1S/2C20H18.4C12H12/c1-15-8-11-17(12-9-15)19-13-10-16(2)20(14-19)18-6-4-3-5-7-18;1-15-8-11-18(12-9-15)19-13-10-16(2)14-20(19)17-6-4-3-5-7-17;1-9-3-5-12-8-10(2)4-6-11(12)7-9;1-9-3-5-11-6-4-10(2)8-12(11)7-9;1-9-7-11-5-3-4-6-12(11)8-10(9)2;1-9-7-8-10(2)12-6-4-3-5-11(9)12/h2*3-14H,1-2H3;4*3-8H,1-2H3. The normalized spacial score (nSPS) is 10.5. The maximum atomic E-state index is 2.29. The molecule has 0 heteroatoms. The van der Waals surface area contributed by atoms with Gasteiger partial charge in [-0.2, -0.15) is 0 Å². The van der Waals surface area contributed by atoms with E-state index in [1.807, 2.05) is 0 Å². The topological polar surface area (TPSA) is 0 Å². The van der Waals surface area contributed by atoms with E-state index in [1.54, 1.807) is 0 Å². The van der Waals surface area contributed by atoms with Crippen LogP contribution in [0.2, 0.25) is 0 Å². The van der Waals surface area contributed by atoms with Crippen LogP contribution in [0.4, 0.5) is 0 Å². The second-order valence-electron chi connectivity index (χ2n) is 23.8. The van der Waals surface area contributed by atoms with Crippen molar-refractivity contribution in [3.8, 4) is 44.5 Å². The molecule has 14 aromatic carbocycles. The van der Waals surface area contributed by atoms with E-state index in [4.69, 9.17) is 0 Å². The average molecular weight is 1140 g/mol. The SMILES string of the molecule is Cc1cc2ccccc2cc1C.Cc1ccc(-c2ccc(C)c(-c3ccccc3)c2)cc1.Cc1ccc(-c2ccc(C)cc2-c2ccccc2)cc1.Cc1ccc(C)c2ccccc12.Cc1ccc2cc(C)ccc2c1.Cc1ccc2ccc(C)cc2c1. The van der Waals surface area contributed by atoms with Crippen LogP contribution in [-0.2, 0) is 0 Å². The zero-order valence-corrected chi connectivity index (χ0v) is 53.7. The van der Waals surface area contributed by atoms with Gasteiger partial charge < -0.3 is 0 Å². The lowest BCUT2D eigenvalue weighted by Gasteiger charge is -2.11. The van der Waals surface area contributed by atoms with Gasteiger partial charge in [-0.3, -0.25) is 0 Å². The molecule has 0 fully saturated rings. The Morgan fingerprint density at radius 1 is 0.148 bits per heavy atom. The Bertz CT molecular complexity index is 4420. The fourth-order valence-electron chi connectivity index (χ4n) is 11.0. The molecular weight excluding hydrogens is 1060 g/mol. The summed E-state index contributed by atoms with van der Waals surface area (Å²) in [6, 6.07) is 104. The van der Waals surface area contributed by atoms with Gasteiger partial charge in [0, 0.05) is 0 Å². The van der Waals surface area contributed by atoms with E-state index in [-0.39, 0.29) is 0 Å². The maximum absolute atomic E-state index is 2.29. The van der Waals surface area contributed by atoms with E-state index in [2.05, 4.69) is 374 Å². The number of rotatable bonds is 4. The lowest BCUT2D eigenvalue weighted by atomic mass is 9.93. The van der Waals surface area contributed by atoms with Crippen molar-refractivity contribution in [3.05, 3.63) is 358 Å². The molecule has 88 heavy (non-hydrogen) atoms.